The number of carbonyl (C=O) groups excluding carboxylic acids is 3. The van der Waals surface area contributed by atoms with Gasteiger partial charge in [-0.3, -0.25) is 19.4 Å². The Labute approximate surface area is 247 Å². The predicted octanol–water partition coefficient (Wildman–Crippen LogP) is -1.43. The zero-order valence-electron chi connectivity index (χ0n) is 23.3. The summed E-state index contributed by atoms with van der Waals surface area (Å²) in [6.07, 6.45) is 5.66. The number of hydrogen-bond acceptors (Lipinski definition) is 9. The fraction of sp³-hybridized carbons (Fsp3) is 0.462. The summed E-state index contributed by atoms with van der Waals surface area (Å²) < 4.78 is 0. The SMILES string of the molecule is CSCCC(NC(=O)C(N)CCCN=C(N)N)C(=O)NC(Cc1cnc[nH]1)C(=O)NC(Cc1ccc(O)cc1)C(=O)O. The van der Waals surface area contributed by atoms with Crippen molar-refractivity contribution in [3.8, 4) is 5.75 Å². The number of rotatable bonds is 18. The number of nitrogens with two attached hydrogens (primary N) is 3. The Kier molecular flexibility index (Phi) is 14.1. The van der Waals surface area contributed by atoms with Crippen molar-refractivity contribution in [1.29, 1.82) is 0 Å². The number of benzene rings is 1. The molecule has 4 unspecified atom stereocenters. The van der Waals surface area contributed by atoms with Gasteiger partial charge < -0.3 is 48.3 Å². The molecule has 1 aromatic carbocycles. The second kappa shape index (κ2) is 17.5. The quantitative estimate of drug-likeness (QED) is 0.0540. The lowest BCUT2D eigenvalue weighted by Crippen LogP contribution is -2.58. The Balaban J connectivity index is 2.14. The van der Waals surface area contributed by atoms with Crippen LogP contribution >= 0.6 is 11.8 Å². The molecule has 15 nitrogen and oxygen atoms in total. The number of H-pyrrole nitrogens is 1. The van der Waals surface area contributed by atoms with Gasteiger partial charge in [0.25, 0.3) is 0 Å². The number of nitrogens with one attached hydrogen (secondary N) is 4. The molecule has 0 spiro atoms. The first-order valence-electron chi connectivity index (χ1n) is 13.2. The second-order valence-electron chi connectivity index (χ2n) is 9.51. The summed E-state index contributed by atoms with van der Waals surface area (Å²) in [5.41, 5.74) is 17.7. The van der Waals surface area contributed by atoms with Crippen LogP contribution in [0.1, 0.15) is 30.5 Å². The first kappa shape index (κ1) is 33.9. The van der Waals surface area contributed by atoms with Gasteiger partial charge in [0.15, 0.2) is 5.96 Å². The van der Waals surface area contributed by atoms with Gasteiger partial charge in [0.2, 0.25) is 17.7 Å². The molecule has 1 aromatic heterocycles. The van der Waals surface area contributed by atoms with Crippen molar-refractivity contribution in [2.45, 2.75) is 56.3 Å². The van der Waals surface area contributed by atoms with Crippen LogP contribution in [-0.2, 0) is 32.0 Å². The maximum atomic E-state index is 13.4. The van der Waals surface area contributed by atoms with Crippen molar-refractivity contribution in [1.82, 2.24) is 25.9 Å². The van der Waals surface area contributed by atoms with Gasteiger partial charge in [-0.25, -0.2) is 9.78 Å². The molecule has 3 amide bonds. The zero-order valence-corrected chi connectivity index (χ0v) is 24.1. The number of thioether (sulfide) groups is 1. The summed E-state index contributed by atoms with van der Waals surface area (Å²) in [5.74, 6) is -2.70. The summed E-state index contributed by atoms with van der Waals surface area (Å²) in [5, 5.41) is 27.0. The average molecular weight is 606 g/mol. The van der Waals surface area contributed by atoms with Gasteiger partial charge in [-0.15, -0.1) is 0 Å². The monoisotopic (exact) mass is 605 g/mol. The van der Waals surface area contributed by atoms with Crippen LogP contribution in [0.3, 0.4) is 0 Å². The highest BCUT2D eigenvalue weighted by molar-refractivity contribution is 7.98. The van der Waals surface area contributed by atoms with Gasteiger partial charge >= 0.3 is 5.97 Å². The molecule has 16 heteroatoms. The van der Waals surface area contributed by atoms with Crippen LogP contribution < -0.4 is 33.2 Å². The number of amides is 3. The van der Waals surface area contributed by atoms with Crippen LogP contribution in [0.4, 0.5) is 0 Å². The lowest BCUT2D eigenvalue weighted by molar-refractivity contribution is -0.142. The van der Waals surface area contributed by atoms with Crippen molar-refractivity contribution < 1.29 is 29.4 Å². The number of aliphatic carboxylic acids is 1. The lowest BCUT2D eigenvalue weighted by Gasteiger charge is -2.25. The van der Waals surface area contributed by atoms with E-state index in [-0.39, 0.29) is 37.4 Å². The van der Waals surface area contributed by atoms with Crippen molar-refractivity contribution in [2.75, 3.05) is 18.6 Å². The van der Waals surface area contributed by atoms with Crippen LogP contribution in [0.15, 0.2) is 41.8 Å². The third kappa shape index (κ3) is 12.1. The molecular weight excluding hydrogens is 566 g/mol. The minimum atomic E-state index is -1.31. The Morgan fingerprint density at radius 1 is 0.976 bits per heavy atom. The predicted molar refractivity (Wildman–Crippen MR) is 158 cm³/mol. The van der Waals surface area contributed by atoms with Crippen LogP contribution in [0.25, 0.3) is 0 Å². The molecule has 2 aromatic rings. The highest BCUT2D eigenvalue weighted by atomic mass is 32.2. The van der Waals surface area contributed by atoms with Gasteiger partial charge in [0.1, 0.15) is 23.9 Å². The molecule has 0 aliphatic heterocycles. The number of phenolic OH excluding ortho intramolecular Hbond substituents is 1. The van der Waals surface area contributed by atoms with E-state index >= 15 is 0 Å². The molecular formula is C26H39N9O6S. The van der Waals surface area contributed by atoms with Gasteiger partial charge in [-0.1, -0.05) is 12.1 Å². The largest absolute Gasteiger partial charge is 0.508 e. The molecule has 230 valence electrons. The highest BCUT2D eigenvalue weighted by Gasteiger charge is 2.30. The van der Waals surface area contributed by atoms with Crippen LogP contribution in [0.5, 0.6) is 5.75 Å². The molecule has 0 bridgehead atoms. The number of carboxylic acids is 1. The Morgan fingerprint density at radius 3 is 2.21 bits per heavy atom. The molecule has 0 saturated heterocycles. The minimum Gasteiger partial charge on any atom is -0.508 e. The fourth-order valence-corrected chi connectivity index (χ4v) is 4.34. The van der Waals surface area contributed by atoms with E-state index in [1.165, 1.54) is 36.4 Å². The maximum Gasteiger partial charge on any atom is 0.326 e. The molecule has 0 aliphatic carbocycles. The summed E-state index contributed by atoms with van der Waals surface area (Å²) in [7, 11) is 0. The average Bonchev–Trinajstić information content (AvgIpc) is 3.46. The normalized spacial score (nSPS) is 13.7. The second-order valence-corrected chi connectivity index (χ2v) is 10.5. The summed E-state index contributed by atoms with van der Waals surface area (Å²) in [4.78, 5) is 62.0. The van der Waals surface area contributed by atoms with Gasteiger partial charge in [0, 0.05) is 31.3 Å². The van der Waals surface area contributed by atoms with Crippen LogP contribution in [0.2, 0.25) is 0 Å². The smallest absolute Gasteiger partial charge is 0.326 e. The number of aliphatic imine (C=N–C) groups is 1. The fourth-order valence-electron chi connectivity index (χ4n) is 3.87. The molecule has 42 heavy (non-hydrogen) atoms. The zero-order chi connectivity index (χ0) is 31.1. The molecule has 0 saturated carbocycles. The number of aromatic amines is 1. The molecule has 2 rings (SSSR count). The summed E-state index contributed by atoms with van der Waals surface area (Å²) in [6.45, 7) is 0.300. The number of phenols is 1. The molecule has 0 fully saturated rings. The maximum absolute atomic E-state index is 13.4. The topological polar surface area (TPSA) is 264 Å². The standard InChI is InChI=1S/C26H39N9O6S/c1-42-10-8-19(33-22(37)18(27)3-2-9-31-26(28)29)23(38)34-20(12-16-13-30-14-32-16)24(39)35-21(25(40)41)11-15-4-6-17(36)7-5-15/h4-7,13-14,18-21,36H,2-3,8-12,27H2,1H3,(H,30,32)(H,33,37)(H,34,38)(H,35,39)(H,40,41)(H4,28,29,31). The summed E-state index contributed by atoms with van der Waals surface area (Å²) in [6, 6.07) is 1.50. The van der Waals surface area contributed by atoms with Crippen molar-refractivity contribution >= 4 is 41.4 Å². The van der Waals surface area contributed by atoms with E-state index in [9.17, 15) is 29.4 Å². The van der Waals surface area contributed by atoms with E-state index in [4.69, 9.17) is 17.2 Å². The number of hydrogen-bond donors (Lipinski definition) is 9. The van der Waals surface area contributed by atoms with Crippen LogP contribution in [0, 0.1) is 0 Å². The van der Waals surface area contributed by atoms with Crippen molar-refractivity contribution in [2.24, 2.45) is 22.2 Å². The van der Waals surface area contributed by atoms with E-state index in [0.29, 0.717) is 30.0 Å². The number of guanidine groups is 1. The third-order valence-corrected chi connectivity index (χ3v) is 6.79. The number of imidazole rings is 1. The number of nitrogens with zero attached hydrogens (tertiary/aromatic N) is 2. The molecule has 12 N–H and O–H groups in total. The van der Waals surface area contributed by atoms with E-state index in [2.05, 4.69) is 30.9 Å². The Hall–Kier alpha value is -4.31. The Morgan fingerprint density at radius 2 is 1.62 bits per heavy atom. The van der Waals surface area contributed by atoms with Gasteiger partial charge in [-0.2, -0.15) is 11.8 Å². The van der Waals surface area contributed by atoms with E-state index < -0.39 is 47.9 Å². The van der Waals surface area contributed by atoms with E-state index in [1.54, 1.807) is 12.1 Å². The van der Waals surface area contributed by atoms with E-state index in [0.717, 1.165) is 0 Å². The Bertz CT molecular complexity index is 1190. The number of carboxylic acid groups (broad SMARTS) is 1. The highest BCUT2D eigenvalue weighted by Crippen LogP contribution is 2.12. The van der Waals surface area contributed by atoms with Gasteiger partial charge in [0.05, 0.1) is 12.4 Å². The molecule has 0 aliphatic rings. The number of aromatic hydroxyl groups is 1. The van der Waals surface area contributed by atoms with Crippen molar-refractivity contribution in [3.05, 3.63) is 48.0 Å². The van der Waals surface area contributed by atoms with Gasteiger partial charge in [-0.05, 0) is 49.0 Å². The van der Waals surface area contributed by atoms with Crippen molar-refractivity contribution in [3.63, 3.8) is 0 Å². The number of carbonyl (C=O) groups is 4. The van der Waals surface area contributed by atoms with E-state index in [1.807, 2.05) is 6.26 Å². The first-order valence-corrected chi connectivity index (χ1v) is 14.6. The molecule has 1 heterocycles. The summed E-state index contributed by atoms with van der Waals surface area (Å²) >= 11 is 1.47. The van der Waals surface area contributed by atoms with Crippen LogP contribution in [-0.4, -0.2) is 92.6 Å². The number of aromatic nitrogens is 2. The minimum absolute atomic E-state index is 0.0172. The lowest BCUT2D eigenvalue weighted by atomic mass is 10.0. The third-order valence-electron chi connectivity index (χ3n) is 6.15. The molecule has 4 atom stereocenters. The first-order chi connectivity index (χ1) is 20.0. The molecule has 0 radical (unpaired) electrons.